The van der Waals surface area contributed by atoms with Gasteiger partial charge in [-0.2, -0.15) is 0 Å². The largest absolute Gasteiger partial charge is 0.345 e. The molecule has 0 aromatic heterocycles. The van der Waals surface area contributed by atoms with Gasteiger partial charge in [0, 0.05) is 13.6 Å². The van der Waals surface area contributed by atoms with Crippen molar-refractivity contribution >= 4 is 5.91 Å². The number of amides is 1. The van der Waals surface area contributed by atoms with Crippen molar-refractivity contribution < 1.29 is 4.79 Å². The SMILES string of the molecule is CCN(C)C(=O)CNCC1CC1. The van der Waals surface area contributed by atoms with Gasteiger partial charge in [0.25, 0.3) is 0 Å². The first-order valence-electron chi connectivity index (χ1n) is 4.68. The molecular formula is C9H18N2O. The summed E-state index contributed by atoms with van der Waals surface area (Å²) in [6.45, 7) is 4.30. The minimum absolute atomic E-state index is 0.193. The zero-order chi connectivity index (χ0) is 8.97. The number of rotatable bonds is 5. The van der Waals surface area contributed by atoms with Crippen LogP contribution in [-0.4, -0.2) is 37.5 Å². The molecule has 1 amide bonds. The number of hydrogen-bond acceptors (Lipinski definition) is 2. The molecule has 0 saturated heterocycles. The summed E-state index contributed by atoms with van der Waals surface area (Å²) in [4.78, 5) is 13.0. The number of nitrogens with zero attached hydrogens (tertiary/aromatic N) is 1. The van der Waals surface area contributed by atoms with E-state index in [1.165, 1.54) is 12.8 Å². The Kier molecular flexibility index (Phi) is 3.53. The van der Waals surface area contributed by atoms with E-state index in [1.807, 2.05) is 14.0 Å². The molecule has 1 aliphatic carbocycles. The highest BCUT2D eigenvalue weighted by Crippen LogP contribution is 2.27. The van der Waals surface area contributed by atoms with Gasteiger partial charge in [-0.1, -0.05) is 0 Å². The van der Waals surface area contributed by atoms with Gasteiger partial charge in [-0.15, -0.1) is 0 Å². The lowest BCUT2D eigenvalue weighted by Gasteiger charge is -2.14. The molecule has 1 fully saturated rings. The van der Waals surface area contributed by atoms with E-state index in [4.69, 9.17) is 0 Å². The van der Waals surface area contributed by atoms with Crippen LogP contribution in [0.4, 0.5) is 0 Å². The molecule has 3 heteroatoms. The molecule has 0 heterocycles. The maximum atomic E-state index is 11.2. The summed E-state index contributed by atoms with van der Waals surface area (Å²) in [5.74, 6) is 1.04. The molecule has 0 spiro atoms. The average Bonchev–Trinajstić information content (AvgIpc) is 2.86. The molecule has 1 rings (SSSR count). The van der Waals surface area contributed by atoms with Crippen LogP contribution in [0.15, 0.2) is 0 Å². The maximum Gasteiger partial charge on any atom is 0.236 e. The smallest absolute Gasteiger partial charge is 0.236 e. The second kappa shape index (κ2) is 4.45. The zero-order valence-corrected chi connectivity index (χ0v) is 7.97. The maximum absolute atomic E-state index is 11.2. The van der Waals surface area contributed by atoms with Crippen LogP contribution in [0.3, 0.4) is 0 Å². The highest BCUT2D eigenvalue weighted by Gasteiger charge is 2.20. The Morgan fingerprint density at radius 1 is 1.58 bits per heavy atom. The van der Waals surface area contributed by atoms with Gasteiger partial charge < -0.3 is 10.2 Å². The lowest BCUT2D eigenvalue weighted by Crippen LogP contribution is -2.36. The fraction of sp³-hybridized carbons (Fsp3) is 0.889. The summed E-state index contributed by atoms with van der Waals surface area (Å²) in [5, 5.41) is 3.17. The molecule has 0 unspecified atom stereocenters. The monoisotopic (exact) mass is 170 g/mol. The van der Waals surface area contributed by atoms with E-state index in [-0.39, 0.29) is 5.91 Å². The summed E-state index contributed by atoms with van der Waals surface area (Å²) in [7, 11) is 1.83. The highest BCUT2D eigenvalue weighted by atomic mass is 16.2. The third-order valence-electron chi connectivity index (χ3n) is 2.31. The standard InChI is InChI=1S/C9H18N2O/c1-3-11(2)9(12)7-10-6-8-4-5-8/h8,10H,3-7H2,1-2H3. The van der Waals surface area contributed by atoms with Crippen molar-refractivity contribution in [1.29, 1.82) is 0 Å². The molecular weight excluding hydrogens is 152 g/mol. The van der Waals surface area contributed by atoms with Crippen molar-refractivity contribution in [2.45, 2.75) is 19.8 Å². The predicted octanol–water partition coefficient (Wildman–Crippen LogP) is 0.464. The second-order valence-electron chi connectivity index (χ2n) is 3.48. The number of likely N-dealkylation sites (N-methyl/N-ethyl adjacent to an activating group) is 1. The highest BCUT2D eigenvalue weighted by molar-refractivity contribution is 5.77. The molecule has 3 nitrogen and oxygen atoms in total. The molecule has 1 aliphatic rings. The van der Waals surface area contributed by atoms with Gasteiger partial charge in [-0.25, -0.2) is 0 Å². The lowest BCUT2D eigenvalue weighted by atomic mass is 10.4. The van der Waals surface area contributed by atoms with E-state index in [0.717, 1.165) is 19.0 Å². The number of carbonyl (C=O) groups is 1. The van der Waals surface area contributed by atoms with E-state index < -0.39 is 0 Å². The third-order valence-corrected chi connectivity index (χ3v) is 2.31. The average molecular weight is 170 g/mol. The van der Waals surface area contributed by atoms with E-state index in [1.54, 1.807) is 4.90 Å². The fourth-order valence-electron chi connectivity index (χ4n) is 1.02. The van der Waals surface area contributed by atoms with Crippen LogP contribution < -0.4 is 5.32 Å². The van der Waals surface area contributed by atoms with Crippen molar-refractivity contribution in [3.05, 3.63) is 0 Å². The lowest BCUT2D eigenvalue weighted by molar-refractivity contribution is -0.128. The minimum atomic E-state index is 0.193. The van der Waals surface area contributed by atoms with Crippen LogP contribution >= 0.6 is 0 Å². The number of nitrogens with one attached hydrogen (secondary N) is 1. The molecule has 0 atom stereocenters. The third kappa shape index (κ3) is 3.22. The van der Waals surface area contributed by atoms with Gasteiger partial charge in [-0.3, -0.25) is 4.79 Å². The van der Waals surface area contributed by atoms with Gasteiger partial charge in [0.05, 0.1) is 6.54 Å². The Morgan fingerprint density at radius 3 is 2.75 bits per heavy atom. The first kappa shape index (κ1) is 9.52. The Hall–Kier alpha value is -0.570. The summed E-state index contributed by atoms with van der Waals surface area (Å²) in [6, 6.07) is 0. The fourth-order valence-corrected chi connectivity index (χ4v) is 1.02. The zero-order valence-electron chi connectivity index (χ0n) is 7.97. The quantitative estimate of drug-likeness (QED) is 0.650. The van der Waals surface area contributed by atoms with Gasteiger partial charge in [0.2, 0.25) is 5.91 Å². The molecule has 0 bridgehead atoms. The van der Waals surface area contributed by atoms with Gasteiger partial charge >= 0.3 is 0 Å². The van der Waals surface area contributed by atoms with E-state index in [9.17, 15) is 4.79 Å². The predicted molar refractivity (Wildman–Crippen MR) is 48.9 cm³/mol. The molecule has 0 radical (unpaired) electrons. The second-order valence-corrected chi connectivity index (χ2v) is 3.48. The summed E-state index contributed by atoms with van der Waals surface area (Å²) >= 11 is 0. The van der Waals surface area contributed by atoms with Crippen molar-refractivity contribution in [3.63, 3.8) is 0 Å². The molecule has 12 heavy (non-hydrogen) atoms. The normalized spacial score (nSPS) is 16.2. The van der Waals surface area contributed by atoms with Gasteiger partial charge in [0.1, 0.15) is 0 Å². The Balaban J connectivity index is 2.00. The summed E-state index contributed by atoms with van der Waals surface area (Å²) in [5.41, 5.74) is 0. The topological polar surface area (TPSA) is 32.3 Å². The van der Waals surface area contributed by atoms with Crippen LogP contribution in [0.2, 0.25) is 0 Å². The first-order chi connectivity index (χ1) is 5.74. The summed E-state index contributed by atoms with van der Waals surface area (Å²) in [6.07, 6.45) is 2.68. The molecule has 0 aliphatic heterocycles. The van der Waals surface area contributed by atoms with Crippen molar-refractivity contribution in [3.8, 4) is 0 Å². The van der Waals surface area contributed by atoms with Crippen molar-refractivity contribution in [2.75, 3.05) is 26.7 Å². The van der Waals surface area contributed by atoms with E-state index >= 15 is 0 Å². The van der Waals surface area contributed by atoms with Gasteiger partial charge in [0.15, 0.2) is 0 Å². The van der Waals surface area contributed by atoms with Crippen LogP contribution in [-0.2, 0) is 4.79 Å². The number of carbonyl (C=O) groups excluding carboxylic acids is 1. The Labute approximate surface area is 74.1 Å². The van der Waals surface area contributed by atoms with E-state index in [0.29, 0.717) is 6.54 Å². The minimum Gasteiger partial charge on any atom is -0.345 e. The van der Waals surface area contributed by atoms with Gasteiger partial charge in [-0.05, 0) is 32.2 Å². The molecule has 1 N–H and O–H groups in total. The molecule has 0 aromatic carbocycles. The van der Waals surface area contributed by atoms with Crippen LogP contribution in [0.5, 0.6) is 0 Å². The molecule has 70 valence electrons. The Morgan fingerprint density at radius 2 is 2.25 bits per heavy atom. The first-order valence-corrected chi connectivity index (χ1v) is 4.68. The molecule has 0 aromatic rings. The Bertz CT molecular complexity index is 155. The van der Waals surface area contributed by atoms with E-state index in [2.05, 4.69) is 5.32 Å². The van der Waals surface area contributed by atoms with Crippen molar-refractivity contribution in [2.24, 2.45) is 5.92 Å². The van der Waals surface area contributed by atoms with Crippen LogP contribution in [0, 0.1) is 5.92 Å². The van der Waals surface area contributed by atoms with Crippen LogP contribution in [0.25, 0.3) is 0 Å². The van der Waals surface area contributed by atoms with Crippen LogP contribution in [0.1, 0.15) is 19.8 Å². The van der Waals surface area contributed by atoms with Crippen molar-refractivity contribution in [1.82, 2.24) is 10.2 Å². The summed E-state index contributed by atoms with van der Waals surface area (Å²) < 4.78 is 0. The number of hydrogen-bond donors (Lipinski definition) is 1. The molecule has 1 saturated carbocycles.